The lowest BCUT2D eigenvalue weighted by Gasteiger charge is -2.27. The van der Waals surface area contributed by atoms with Gasteiger partial charge in [0.05, 0.1) is 12.2 Å². The van der Waals surface area contributed by atoms with Gasteiger partial charge in [-0.15, -0.1) is 23.1 Å². The van der Waals surface area contributed by atoms with Gasteiger partial charge >= 0.3 is 5.97 Å². The Morgan fingerprint density at radius 3 is 2.11 bits per heavy atom. The predicted molar refractivity (Wildman–Crippen MR) is 257 cm³/mol. The number of nitrogens with zero attached hydrogens (tertiary/aromatic N) is 1. The number of thioether (sulfide) groups is 1. The number of benzene rings is 6. The van der Waals surface area contributed by atoms with Crippen LogP contribution in [0.3, 0.4) is 0 Å². The Morgan fingerprint density at radius 1 is 0.750 bits per heavy atom. The van der Waals surface area contributed by atoms with Crippen LogP contribution in [0.4, 0.5) is 10.7 Å². The zero-order valence-electron chi connectivity index (χ0n) is 35.2. The first-order valence-electron chi connectivity index (χ1n) is 21.1. The molecule has 9 nitrogen and oxygen atoms in total. The summed E-state index contributed by atoms with van der Waals surface area (Å²) in [6.45, 7) is 4.19. The van der Waals surface area contributed by atoms with Gasteiger partial charge in [0.2, 0.25) is 5.91 Å². The Balaban J connectivity index is 1.03. The second-order valence-electron chi connectivity index (χ2n) is 15.1. The zero-order valence-corrected chi connectivity index (χ0v) is 36.8. The van der Waals surface area contributed by atoms with Crippen LogP contribution >= 0.6 is 23.1 Å². The van der Waals surface area contributed by atoms with Crippen LogP contribution < -0.4 is 16.0 Å². The summed E-state index contributed by atoms with van der Waals surface area (Å²) < 4.78 is 5.53. The molecule has 6 aromatic carbocycles. The van der Waals surface area contributed by atoms with Gasteiger partial charge in [-0.1, -0.05) is 140 Å². The fourth-order valence-electron chi connectivity index (χ4n) is 7.51. The molecule has 0 saturated carbocycles. The van der Waals surface area contributed by atoms with Crippen molar-refractivity contribution < 1.29 is 23.9 Å². The largest absolute Gasteiger partial charge is 0.462 e. The van der Waals surface area contributed by atoms with Gasteiger partial charge < -0.3 is 20.7 Å². The van der Waals surface area contributed by atoms with Crippen molar-refractivity contribution in [2.24, 2.45) is 0 Å². The highest BCUT2D eigenvalue weighted by atomic mass is 32.2. The van der Waals surface area contributed by atoms with E-state index < -0.39 is 23.0 Å². The molecule has 64 heavy (non-hydrogen) atoms. The molecule has 3 N–H and O–H groups in total. The predicted octanol–water partition coefficient (Wildman–Crippen LogP) is 11.0. The van der Waals surface area contributed by atoms with E-state index in [0.29, 0.717) is 39.7 Å². The summed E-state index contributed by atoms with van der Waals surface area (Å²) in [6, 6.07) is 53.4. The number of carbonyl (C=O) groups is 4. The summed E-state index contributed by atoms with van der Waals surface area (Å²) in [7, 11) is 0. The Hall–Kier alpha value is -7.05. The molecule has 1 aliphatic rings. The lowest BCUT2D eigenvalue weighted by Crippen LogP contribution is -2.30. The van der Waals surface area contributed by atoms with Crippen LogP contribution in [0.15, 0.2) is 180 Å². The van der Waals surface area contributed by atoms with E-state index >= 15 is 0 Å². The highest BCUT2D eigenvalue weighted by Crippen LogP contribution is 2.41. The summed E-state index contributed by atoms with van der Waals surface area (Å²) in [5.74, 6) is -1.70. The molecule has 0 aliphatic carbocycles. The van der Waals surface area contributed by atoms with Gasteiger partial charge in [-0.25, -0.2) is 4.79 Å². The fourth-order valence-corrected chi connectivity index (χ4v) is 9.88. The maximum atomic E-state index is 14.5. The van der Waals surface area contributed by atoms with E-state index in [-0.39, 0.29) is 18.2 Å². The smallest absolute Gasteiger partial charge is 0.341 e. The minimum atomic E-state index is -0.727. The third kappa shape index (κ3) is 10.9. The van der Waals surface area contributed by atoms with Crippen molar-refractivity contribution in [2.75, 3.05) is 23.8 Å². The third-order valence-corrected chi connectivity index (χ3v) is 13.0. The second-order valence-corrected chi connectivity index (χ2v) is 17.4. The van der Waals surface area contributed by atoms with Gasteiger partial charge in [0.15, 0.2) is 0 Å². The number of fused-ring (bicyclic) bond motifs is 1. The van der Waals surface area contributed by atoms with E-state index in [1.54, 1.807) is 55.5 Å². The Morgan fingerprint density at radius 2 is 1.41 bits per heavy atom. The van der Waals surface area contributed by atoms with Crippen molar-refractivity contribution in [3.8, 4) is 11.1 Å². The maximum absolute atomic E-state index is 14.5. The molecule has 7 aromatic rings. The van der Waals surface area contributed by atoms with E-state index in [1.807, 2.05) is 115 Å². The Kier molecular flexibility index (Phi) is 14.2. The third-order valence-electron chi connectivity index (χ3n) is 10.6. The first-order valence-corrected chi connectivity index (χ1v) is 22.8. The molecule has 1 aliphatic heterocycles. The van der Waals surface area contributed by atoms with Crippen LogP contribution in [0.5, 0.6) is 0 Å². The summed E-state index contributed by atoms with van der Waals surface area (Å²) >= 11 is 2.75. The number of hydrogen-bond donors (Lipinski definition) is 3. The molecule has 0 saturated heterocycles. The topological polar surface area (TPSA) is 117 Å². The molecule has 2 heterocycles. The number of anilines is 2. The Bertz CT molecular complexity index is 2760. The van der Waals surface area contributed by atoms with Crippen LogP contribution in [0.25, 0.3) is 17.2 Å². The number of thiophene rings is 1. The summed E-state index contributed by atoms with van der Waals surface area (Å²) in [5.41, 5.74) is 7.07. The number of esters is 1. The first kappa shape index (κ1) is 43.6. The molecule has 8 rings (SSSR count). The highest BCUT2D eigenvalue weighted by Gasteiger charge is 2.32. The van der Waals surface area contributed by atoms with Crippen molar-refractivity contribution in [3.63, 3.8) is 0 Å². The molecular weight excluding hydrogens is 837 g/mol. The van der Waals surface area contributed by atoms with Gasteiger partial charge in [-0.2, -0.15) is 0 Å². The van der Waals surface area contributed by atoms with E-state index in [2.05, 4.69) is 33.0 Å². The minimum absolute atomic E-state index is 0.0557. The standard InChI is InChI=1S/C53H46N4O5S2/c1-2-62-53(61)47-44-30-31-57(34-37-16-7-3-8-17-37)35-46(44)64-52(47)56-51(60)48(40-20-11-5-12-21-40)63-43-25-15-24-42(33-43)54-50(59)45(55-49(58)41-22-13-6-14-23-41)32-36-26-28-39(29-27-36)38-18-9-4-10-19-38/h3-29,32-33,48H,2,30-31,34-35H2,1H3,(H,54,59)(H,55,58)(H,56,60)/b45-32+. The lowest BCUT2D eigenvalue weighted by molar-refractivity contribution is -0.116. The van der Waals surface area contributed by atoms with E-state index in [4.69, 9.17) is 4.74 Å². The van der Waals surface area contributed by atoms with Crippen molar-refractivity contribution in [1.29, 1.82) is 0 Å². The van der Waals surface area contributed by atoms with Gasteiger partial charge in [-0.05, 0) is 83.1 Å². The molecule has 0 bridgehead atoms. The molecule has 1 unspecified atom stereocenters. The van der Waals surface area contributed by atoms with Crippen molar-refractivity contribution in [3.05, 3.63) is 214 Å². The van der Waals surface area contributed by atoms with Crippen LogP contribution in [-0.4, -0.2) is 41.7 Å². The number of hydrogen-bond acceptors (Lipinski definition) is 8. The van der Waals surface area contributed by atoms with E-state index in [0.717, 1.165) is 45.8 Å². The van der Waals surface area contributed by atoms with Gasteiger partial charge in [0, 0.05) is 40.7 Å². The van der Waals surface area contributed by atoms with Gasteiger partial charge in [0.1, 0.15) is 15.9 Å². The van der Waals surface area contributed by atoms with Crippen molar-refractivity contribution in [1.82, 2.24) is 10.2 Å². The summed E-state index contributed by atoms with van der Waals surface area (Å²) in [5, 5.41) is 8.68. The molecule has 3 amide bonds. The quantitative estimate of drug-likeness (QED) is 0.0533. The molecule has 11 heteroatoms. The SMILES string of the molecule is CCOC(=O)c1c(NC(=O)C(Sc2cccc(NC(=O)/C(=C\c3ccc(-c4ccccc4)cc3)NC(=O)c3ccccc3)c2)c2ccccc2)sc2c1CCN(Cc1ccccc1)C2. The first-order chi connectivity index (χ1) is 31.3. The van der Waals surface area contributed by atoms with Crippen LogP contribution in [0.2, 0.25) is 0 Å². The molecular formula is C53H46N4O5S2. The Labute approximate surface area is 381 Å². The number of amides is 3. The number of rotatable bonds is 15. The maximum Gasteiger partial charge on any atom is 0.341 e. The number of nitrogens with one attached hydrogen (secondary N) is 3. The normalized spacial score (nSPS) is 13.0. The average Bonchev–Trinajstić information content (AvgIpc) is 3.69. The van der Waals surface area contributed by atoms with Crippen LogP contribution in [0.1, 0.15) is 60.0 Å². The van der Waals surface area contributed by atoms with Gasteiger partial charge in [0.25, 0.3) is 11.8 Å². The van der Waals surface area contributed by atoms with E-state index in [9.17, 15) is 19.2 Å². The zero-order chi connectivity index (χ0) is 44.3. The second kappa shape index (κ2) is 20.9. The summed E-state index contributed by atoms with van der Waals surface area (Å²) in [6.07, 6.45) is 2.30. The molecule has 1 aromatic heterocycles. The van der Waals surface area contributed by atoms with Crippen LogP contribution in [-0.2, 0) is 33.8 Å². The fraction of sp³-hybridized carbons (Fsp3) is 0.132. The number of ether oxygens (including phenoxy) is 1. The van der Waals surface area contributed by atoms with Crippen molar-refractivity contribution >= 4 is 63.6 Å². The molecule has 0 radical (unpaired) electrons. The van der Waals surface area contributed by atoms with Crippen molar-refractivity contribution in [2.45, 2.75) is 36.6 Å². The molecule has 0 fully saturated rings. The van der Waals surface area contributed by atoms with Crippen LogP contribution in [0, 0.1) is 0 Å². The van der Waals surface area contributed by atoms with Gasteiger partial charge in [-0.3, -0.25) is 19.3 Å². The highest BCUT2D eigenvalue weighted by molar-refractivity contribution is 8.00. The minimum Gasteiger partial charge on any atom is -0.462 e. The molecule has 1 atom stereocenters. The summed E-state index contributed by atoms with van der Waals surface area (Å²) in [4.78, 5) is 59.6. The molecule has 320 valence electrons. The van der Waals surface area contributed by atoms with E-state index in [1.165, 1.54) is 28.7 Å². The lowest BCUT2D eigenvalue weighted by atomic mass is 10.0. The number of carbonyl (C=O) groups excluding carboxylic acids is 4. The monoisotopic (exact) mass is 882 g/mol. The molecule has 0 spiro atoms. The average molecular weight is 883 g/mol.